The Morgan fingerprint density at radius 1 is 1.31 bits per heavy atom. The second kappa shape index (κ2) is 8.65. The molecule has 0 bridgehead atoms. The van der Waals surface area contributed by atoms with Crippen LogP contribution in [0.25, 0.3) is 0 Å². The third kappa shape index (κ3) is 5.05. The van der Waals surface area contributed by atoms with Crippen molar-refractivity contribution < 1.29 is 18.8 Å². The van der Waals surface area contributed by atoms with Crippen LogP contribution >= 0.6 is 11.8 Å². The van der Waals surface area contributed by atoms with Gasteiger partial charge in [-0.2, -0.15) is 4.99 Å². The summed E-state index contributed by atoms with van der Waals surface area (Å²) in [5.41, 5.74) is 2.32. The Kier molecular flexibility index (Phi) is 6.03. The minimum atomic E-state index is -0.788. The summed E-state index contributed by atoms with van der Waals surface area (Å²) in [5.74, 6) is -2.35. The Balaban J connectivity index is 1.61. The van der Waals surface area contributed by atoms with Crippen LogP contribution in [0.5, 0.6) is 0 Å². The standard InChI is InChI=1S/C19H17N5O4S/c1-10-5-6-12(11(2)8-10)21-14(25)9-29-19-23-16(20)15(18(27)24-19)22-17(26)13-4-3-7-28-13/h3-8H,9H2,1-2H3,(H,21,25)(H2,20,23,24,27). The first-order chi connectivity index (χ1) is 13.8. The summed E-state index contributed by atoms with van der Waals surface area (Å²) in [6.45, 7) is 3.86. The van der Waals surface area contributed by atoms with E-state index in [1.54, 1.807) is 0 Å². The molecule has 10 heteroatoms. The summed E-state index contributed by atoms with van der Waals surface area (Å²) in [6, 6.07) is 8.58. The maximum absolute atomic E-state index is 12.2. The molecule has 0 saturated heterocycles. The molecule has 0 saturated carbocycles. The summed E-state index contributed by atoms with van der Waals surface area (Å²) in [4.78, 5) is 43.7. The fourth-order valence-electron chi connectivity index (χ4n) is 2.45. The molecule has 3 N–H and O–H groups in total. The number of nitrogens with one attached hydrogen (secondary N) is 3. The van der Waals surface area contributed by atoms with Crippen molar-refractivity contribution in [1.82, 2.24) is 5.32 Å². The second-order valence-corrected chi connectivity index (χ2v) is 7.08. The molecule has 148 valence electrons. The van der Waals surface area contributed by atoms with Crippen molar-refractivity contribution in [2.24, 2.45) is 9.98 Å². The van der Waals surface area contributed by atoms with E-state index in [4.69, 9.17) is 9.83 Å². The van der Waals surface area contributed by atoms with E-state index in [1.807, 2.05) is 32.0 Å². The molecule has 0 unspecified atom stereocenters. The van der Waals surface area contributed by atoms with Gasteiger partial charge in [-0.1, -0.05) is 29.5 Å². The van der Waals surface area contributed by atoms with Gasteiger partial charge in [-0.3, -0.25) is 25.1 Å². The summed E-state index contributed by atoms with van der Waals surface area (Å²) in [7, 11) is 0. The molecule has 1 aliphatic rings. The van der Waals surface area contributed by atoms with Crippen molar-refractivity contribution in [2.75, 3.05) is 11.1 Å². The van der Waals surface area contributed by atoms with Crippen molar-refractivity contribution in [3.63, 3.8) is 0 Å². The molecule has 0 radical (unpaired) electrons. The van der Waals surface area contributed by atoms with Crippen LogP contribution in [0.4, 0.5) is 5.69 Å². The first kappa shape index (κ1) is 20.2. The van der Waals surface area contributed by atoms with Gasteiger partial charge in [0, 0.05) is 5.69 Å². The maximum Gasteiger partial charge on any atom is 0.313 e. The van der Waals surface area contributed by atoms with Crippen LogP contribution in [0.3, 0.4) is 0 Å². The third-order valence-corrected chi connectivity index (χ3v) is 4.69. The zero-order valence-electron chi connectivity index (χ0n) is 15.6. The lowest BCUT2D eigenvalue weighted by Crippen LogP contribution is -2.43. The number of nitrogens with zero attached hydrogens (tertiary/aromatic N) is 2. The third-order valence-electron chi connectivity index (χ3n) is 3.81. The molecule has 9 nitrogen and oxygen atoms in total. The van der Waals surface area contributed by atoms with E-state index in [-0.39, 0.29) is 22.6 Å². The van der Waals surface area contributed by atoms with Gasteiger partial charge in [0.2, 0.25) is 5.91 Å². The first-order valence-electron chi connectivity index (χ1n) is 8.49. The summed E-state index contributed by atoms with van der Waals surface area (Å²) in [6.07, 6.45) is 1.30. The number of anilines is 1. The number of furan rings is 1. The molecule has 2 aromatic rings. The molecule has 1 aromatic carbocycles. The Labute approximate surface area is 170 Å². The van der Waals surface area contributed by atoms with Crippen LogP contribution in [-0.4, -0.2) is 40.2 Å². The van der Waals surface area contributed by atoms with Gasteiger partial charge in [-0.05, 0) is 37.6 Å². The minimum Gasteiger partial charge on any atom is -0.459 e. The lowest BCUT2D eigenvalue weighted by molar-refractivity contribution is -0.114. The highest BCUT2D eigenvalue weighted by Crippen LogP contribution is 2.17. The fourth-order valence-corrected chi connectivity index (χ4v) is 3.11. The lowest BCUT2D eigenvalue weighted by Gasteiger charge is -2.15. The number of amidine groups is 2. The average molecular weight is 411 g/mol. The molecule has 3 rings (SSSR count). The monoisotopic (exact) mass is 411 g/mol. The maximum atomic E-state index is 12.2. The zero-order valence-corrected chi connectivity index (χ0v) is 16.4. The lowest BCUT2D eigenvalue weighted by atomic mass is 10.1. The number of amides is 3. The first-order valence-corrected chi connectivity index (χ1v) is 9.47. The highest BCUT2D eigenvalue weighted by atomic mass is 32.2. The van der Waals surface area contributed by atoms with E-state index in [2.05, 4.69) is 20.6 Å². The number of rotatable bonds is 4. The number of carbonyl (C=O) groups excluding carboxylic acids is 3. The molecule has 29 heavy (non-hydrogen) atoms. The highest BCUT2D eigenvalue weighted by Gasteiger charge is 2.26. The zero-order chi connectivity index (χ0) is 21.0. The van der Waals surface area contributed by atoms with E-state index in [1.165, 1.54) is 18.4 Å². The minimum absolute atomic E-state index is 0.0164. The Hall–Kier alpha value is -3.53. The van der Waals surface area contributed by atoms with E-state index in [0.717, 1.165) is 22.9 Å². The van der Waals surface area contributed by atoms with Crippen LogP contribution in [0.2, 0.25) is 0 Å². The van der Waals surface area contributed by atoms with Gasteiger partial charge >= 0.3 is 5.91 Å². The average Bonchev–Trinajstić information content (AvgIpc) is 3.20. The van der Waals surface area contributed by atoms with Crippen molar-refractivity contribution in [2.45, 2.75) is 13.8 Å². The number of hydrogen-bond acceptors (Lipinski definition) is 6. The normalized spacial score (nSPS) is 15.1. The molecule has 1 aliphatic heterocycles. The van der Waals surface area contributed by atoms with Crippen molar-refractivity contribution in [1.29, 1.82) is 5.41 Å². The molecular formula is C19H17N5O4S. The Morgan fingerprint density at radius 3 is 2.76 bits per heavy atom. The van der Waals surface area contributed by atoms with Gasteiger partial charge < -0.3 is 9.73 Å². The van der Waals surface area contributed by atoms with Gasteiger partial charge in [0.05, 0.1) is 12.0 Å². The summed E-state index contributed by atoms with van der Waals surface area (Å²) < 4.78 is 4.91. The van der Waals surface area contributed by atoms with Gasteiger partial charge in [0.1, 0.15) is 0 Å². The topological polar surface area (TPSA) is 137 Å². The van der Waals surface area contributed by atoms with E-state index < -0.39 is 23.4 Å². The summed E-state index contributed by atoms with van der Waals surface area (Å²) in [5, 5.41) is 13.2. The SMILES string of the molecule is Cc1ccc(NC(=O)CSC2=NC(=N)C(=NC(=O)c3ccco3)C(=O)N2)c(C)c1. The van der Waals surface area contributed by atoms with Gasteiger partial charge in [0.25, 0.3) is 5.91 Å². The molecule has 0 fully saturated rings. The van der Waals surface area contributed by atoms with Gasteiger partial charge in [0.15, 0.2) is 22.5 Å². The predicted molar refractivity (Wildman–Crippen MR) is 111 cm³/mol. The van der Waals surface area contributed by atoms with Gasteiger partial charge in [-0.15, -0.1) is 0 Å². The number of thioether (sulfide) groups is 1. The highest BCUT2D eigenvalue weighted by molar-refractivity contribution is 8.14. The van der Waals surface area contributed by atoms with Crippen LogP contribution in [0.15, 0.2) is 51.0 Å². The number of benzene rings is 1. The molecular weight excluding hydrogens is 394 g/mol. The van der Waals surface area contributed by atoms with Crippen molar-refractivity contribution in [3.05, 3.63) is 53.5 Å². The van der Waals surface area contributed by atoms with Crippen LogP contribution in [-0.2, 0) is 9.59 Å². The number of aliphatic imine (C=N–C) groups is 2. The Bertz CT molecular complexity index is 1060. The molecule has 1 aromatic heterocycles. The molecule has 0 aliphatic carbocycles. The predicted octanol–water partition coefficient (Wildman–Crippen LogP) is 2.31. The smallest absolute Gasteiger partial charge is 0.313 e. The fraction of sp³-hybridized carbons (Fsp3) is 0.158. The largest absolute Gasteiger partial charge is 0.459 e. The summed E-state index contributed by atoms with van der Waals surface area (Å²) >= 11 is 0.967. The van der Waals surface area contributed by atoms with E-state index in [0.29, 0.717) is 5.69 Å². The van der Waals surface area contributed by atoms with Crippen molar-refractivity contribution >= 4 is 51.9 Å². The van der Waals surface area contributed by atoms with E-state index in [9.17, 15) is 14.4 Å². The molecule has 2 heterocycles. The molecule has 0 atom stereocenters. The van der Waals surface area contributed by atoms with E-state index >= 15 is 0 Å². The number of hydrogen-bond donors (Lipinski definition) is 3. The van der Waals surface area contributed by atoms with Crippen LogP contribution in [0.1, 0.15) is 21.7 Å². The Morgan fingerprint density at radius 2 is 2.10 bits per heavy atom. The van der Waals surface area contributed by atoms with Crippen LogP contribution < -0.4 is 10.6 Å². The number of aryl methyl sites for hydroxylation is 2. The number of carbonyl (C=O) groups is 3. The van der Waals surface area contributed by atoms with Crippen LogP contribution in [0, 0.1) is 19.3 Å². The second-order valence-electron chi connectivity index (χ2n) is 6.12. The molecule has 3 amide bonds. The van der Waals surface area contributed by atoms with Gasteiger partial charge in [-0.25, -0.2) is 4.99 Å². The molecule has 0 spiro atoms. The quantitative estimate of drug-likeness (QED) is 0.709. The van der Waals surface area contributed by atoms with Crippen molar-refractivity contribution in [3.8, 4) is 0 Å².